The van der Waals surface area contributed by atoms with Crippen LogP contribution in [0.5, 0.6) is 0 Å². The Hall–Kier alpha value is -0.680. The lowest BCUT2D eigenvalue weighted by atomic mass is 10.2. The predicted octanol–water partition coefficient (Wildman–Crippen LogP) is 1.15. The van der Waals surface area contributed by atoms with Crippen LogP contribution < -0.4 is 4.90 Å². The smallest absolute Gasteiger partial charge is 0.132 e. The van der Waals surface area contributed by atoms with Crippen LogP contribution in [0, 0.1) is 0 Å². The molecule has 1 aliphatic heterocycles. The van der Waals surface area contributed by atoms with E-state index in [1.54, 1.807) is 0 Å². The lowest BCUT2D eigenvalue weighted by Gasteiger charge is -2.35. The molecule has 0 spiro atoms. The lowest BCUT2D eigenvalue weighted by Crippen LogP contribution is -2.45. The van der Waals surface area contributed by atoms with Gasteiger partial charge in [-0.15, -0.1) is 5.10 Å². The fraction of sp³-hybridized carbons (Fsp3) is 0.750. The minimum atomic E-state index is 0.297. The molecule has 1 fully saturated rings. The molecule has 0 unspecified atom stereocenters. The van der Waals surface area contributed by atoms with Crippen molar-refractivity contribution in [3.63, 3.8) is 0 Å². The molecule has 13 heavy (non-hydrogen) atoms. The standard InChI is InChI=1S/C8H13N3OS/c1-6-4-11(5-7(2)12-6)8-3-9-10-13-8/h3,6-7H,4-5H2,1-2H3/t6-,7-/m0/s1. The molecular weight excluding hydrogens is 186 g/mol. The SMILES string of the molecule is C[C@H]1CN(c2cnns2)C[C@H](C)O1. The second kappa shape index (κ2) is 3.59. The Labute approximate surface area is 81.7 Å². The van der Waals surface area contributed by atoms with Gasteiger partial charge >= 0.3 is 0 Å². The maximum absolute atomic E-state index is 5.64. The largest absolute Gasteiger partial charge is 0.372 e. The summed E-state index contributed by atoms with van der Waals surface area (Å²) in [6.07, 6.45) is 2.41. The zero-order valence-corrected chi connectivity index (χ0v) is 8.62. The van der Waals surface area contributed by atoms with Gasteiger partial charge in [-0.25, -0.2) is 0 Å². The van der Waals surface area contributed by atoms with Gasteiger partial charge in [0, 0.05) is 24.6 Å². The molecule has 0 bridgehead atoms. The number of hydrogen-bond acceptors (Lipinski definition) is 5. The van der Waals surface area contributed by atoms with Crippen LogP contribution in [0.15, 0.2) is 6.20 Å². The normalized spacial score (nSPS) is 29.2. The summed E-state index contributed by atoms with van der Waals surface area (Å²) in [6.45, 7) is 6.07. The molecule has 4 nitrogen and oxygen atoms in total. The fourth-order valence-corrected chi connectivity index (χ4v) is 2.20. The van der Waals surface area contributed by atoms with E-state index in [-0.39, 0.29) is 0 Å². The minimum Gasteiger partial charge on any atom is -0.372 e. The quantitative estimate of drug-likeness (QED) is 0.680. The van der Waals surface area contributed by atoms with Crippen molar-refractivity contribution in [3.05, 3.63) is 6.20 Å². The molecule has 0 N–H and O–H groups in total. The third-order valence-corrected chi connectivity index (χ3v) is 2.81. The third-order valence-electron chi connectivity index (χ3n) is 2.08. The minimum absolute atomic E-state index is 0.297. The summed E-state index contributed by atoms with van der Waals surface area (Å²) in [5.41, 5.74) is 0. The monoisotopic (exact) mass is 199 g/mol. The van der Waals surface area contributed by atoms with E-state index in [1.165, 1.54) is 11.5 Å². The Morgan fingerprint density at radius 3 is 2.69 bits per heavy atom. The highest BCUT2D eigenvalue weighted by Gasteiger charge is 2.23. The first-order chi connectivity index (χ1) is 6.25. The van der Waals surface area contributed by atoms with Crippen LogP contribution in [0.1, 0.15) is 13.8 Å². The summed E-state index contributed by atoms with van der Waals surface area (Å²) in [4.78, 5) is 2.28. The topological polar surface area (TPSA) is 38.2 Å². The van der Waals surface area contributed by atoms with Gasteiger partial charge in [0.1, 0.15) is 5.00 Å². The van der Waals surface area contributed by atoms with Crippen molar-refractivity contribution in [2.75, 3.05) is 18.0 Å². The maximum Gasteiger partial charge on any atom is 0.132 e. The first-order valence-electron chi connectivity index (χ1n) is 4.43. The number of aromatic nitrogens is 2. The summed E-state index contributed by atoms with van der Waals surface area (Å²) >= 11 is 1.44. The molecule has 0 amide bonds. The van der Waals surface area contributed by atoms with Crippen LogP contribution in [0.4, 0.5) is 5.00 Å². The highest BCUT2D eigenvalue weighted by molar-refractivity contribution is 7.09. The van der Waals surface area contributed by atoms with Crippen molar-refractivity contribution in [2.45, 2.75) is 26.1 Å². The number of ether oxygens (including phenoxy) is 1. The van der Waals surface area contributed by atoms with Crippen molar-refractivity contribution in [3.8, 4) is 0 Å². The van der Waals surface area contributed by atoms with Gasteiger partial charge in [-0.05, 0) is 13.8 Å². The summed E-state index contributed by atoms with van der Waals surface area (Å²) in [5.74, 6) is 0. The van der Waals surface area contributed by atoms with Gasteiger partial charge in [-0.3, -0.25) is 0 Å². The number of hydrogen-bond donors (Lipinski definition) is 0. The number of morpholine rings is 1. The van der Waals surface area contributed by atoms with E-state index in [2.05, 4.69) is 28.3 Å². The van der Waals surface area contributed by atoms with Crippen LogP contribution in [0.2, 0.25) is 0 Å². The summed E-state index contributed by atoms with van der Waals surface area (Å²) in [7, 11) is 0. The van der Waals surface area contributed by atoms with E-state index in [0.717, 1.165) is 18.1 Å². The van der Waals surface area contributed by atoms with Crippen LogP contribution >= 0.6 is 11.5 Å². The number of anilines is 1. The molecule has 2 heterocycles. The first-order valence-corrected chi connectivity index (χ1v) is 5.21. The van der Waals surface area contributed by atoms with Crippen molar-refractivity contribution in [1.82, 2.24) is 9.59 Å². The Morgan fingerprint density at radius 1 is 1.46 bits per heavy atom. The van der Waals surface area contributed by atoms with Gasteiger partial charge in [0.05, 0.1) is 18.4 Å². The van der Waals surface area contributed by atoms with E-state index in [9.17, 15) is 0 Å². The average Bonchev–Trinajstić information content (AvgIpc) is 2.53. The van der Waals surface area contributed by atoms with Gasteiger partial charge in [0.2, 0.25) is 0 Å². The Balaban J connectivity index is 2.07. The Morgan fingerprint density at radius 2 is 2.15 bits per heavy atom. The molecule has 2 atom stereocenters. The molecular formula is C8H13N3OS. The van der Waals surface area contributed by atoms with E-state index in [0.29, 0.717) is 12.2 Å². The summed E-state index contributed by atoms with van der Waals surface area (Å²) in [6, 6.07) is 0. The number of rotatable bonds is 1. The zero-order valence-electron chi connectivity index (χ0n) is 7.80. The Kier molecular flexibility index (Phi) is 2.46. The molecule has 0 aliphatic carbocycles. The average molecular weight is 199 g/mol. The van der Waals surface area contributed by atoms with E-state index in [4.69, 9.17) is 4.74 Å². The molecule has 1 saturated heterocycles. The second-order valence-corrected chi connectivity index (χ2v) is 4.18. The molecule has 1 aromatic heterocycles. The third kappa shape index (κ3) is 1.97. The molecule has 2 rings (SSSR count). The Bertz CT molecular complexity index is 254. The second-order valence-electron chi connectivity index (χ2n) is 3.42. The molecule has 5 heteroatoms. The van der Waals surface area contributed by atoms with Gasteiger partial charge < -0.3 is 9.64 Å². The van der Waals surface area contributed by atoms with Crippen molar-refractivity contribution in [1.29, 1.82) is 0 Å². The lowest BCUT2D eigenvalue weighted by molar-refractivity contribution is -0.00501. The van der Waals surface area contributed by atoms with Gasteiger partial charge in [0.15, 0.2) is 0 Å². The predicted molar refractivity (Wildman–Crippen MR) is 52.1 cm³/mol. The van der Waals surface area contributed by atoms with Crippen LogP contribution in [-0.4, -0.2) is 34.9 Å². The summed E-state index contributed by atoms with van der Waals surface area (Å²) < 4.78 is 9.49. The van der Waals surface area contributed by atoms with E-state index in [1.807, 2.05) is 6.20 Å². The van der Waals surface area contributed by atoms with E-state index < -0.39 is 0 Å². The molecule has 0 aromatic carbocycles. The molecule has 0 radical (unpaired) electrons. The van der Waals surface area contributed by atoms with Crippen LogP contribution in [0.3, 0.4) is 0 Å². The fourth-order valence-electron chi connectivity index (χ4n) is 1.66. The van der Waals surface area contributed by atoms with Crippen LogP contribution in [0.25, 0.3) is 0 Å². The van der Waals surface area contributed by atoms with Crippen molar-refractivity contribution in [2.24, 2.45) is 0 Å². The van der Waals surface area contributed by atoms with Crippen LogP contribution in [-0.2, 0) is 4.74 Å². The number of nitrogens with zero attached hydrogens (tertiary/aromatic N) is 3. The molecule has 1 aliphatic rings. The van der Waals surface area contributed by atoms with Crippen molar-refractivity contribution >= 4 is 16.5 Å². The highest BCUT2D eigenvalue weighted by atomic mass is 32.1. The maximum atomic E-state index is 5.64. The molecule has 1 aromatic rings. The molecule has 0 saturated carbocycles. The first kappa shape index (κ1) is 8.90. The summed E-state index contributed by atoms with van der Waals surface area (Å²) in [5, 5.41) is 4.97. The van der Waals surface area contributed by atoms with Gasteiger partial charge in [-0.2, -0.15) is 0 Å². The van der Waals surface area contributed by atoms with E-state index >= 15 is 0 Å². The van der Waals surface area contributed by atoms with Gasteiger partial charge in [-0.1, -0.05) is 4.49 Å². The zero-order chi connectivity index (χ0) is 9.26. The van der Waals surface area contributed by atoms with Crippen molar-refractivity contribution < 1.29 is 4.74 Å². The molecule has 72 valence electrons. The highest BCUT2D eigenvalue weighted by Crippen LogP contribution is 2.21. The van der Waals surface area contributed by atoms with Gasteiger partial charge in [0.25, 0.3) is 0 Å².